The Labute approximate surface area is 145 Å². The SMILES string of the molecule is Cc1cnc(C(=O)N2CCN(CCC(=O)O)[C@@H]3CS(=O)(=O)C[C@@H]32)cn1. The van der Waals surface area contributed by atoms with Gasteiger partial charge in [-0.25, -0.2) is 13.4 Å². The number of aliphatic carboxylic acids is 1. The van der Waals surface area contributed by atoms with Gasteiger partial charge in [0.2, 0.25) is 0 Å². The minimum atomic E-state index is -3.27. The Morgan fingerprint density at radius 1 is 1.20 bits per heavy atom. The number of nitrogens with zero attached hydrogens (tertiary/aromatic N) is 4. The summed E-state index contributed by atoms with van der Waals surface area (Å²) in [4.78, 5) is 35.1. The highest BCUT2D eigenvalue weighted by Crippen LogP contribution is 2.28. The topological polar surface area (TPSA) is 121 Å². The van der Waals surface area contributed by atoms with Crippen LogP contribution in [0, 0.1) is 6.92 Å². The largest absolute Gasteiger partial charge is 0.481 e. The Bertz CT molecular complexity index is 780. The molecule has 1 aromatic rings. The van der Waals surface area contributed by atoms with Gasteiger partial charge in [0.1, 0.15) is 5.69 Å². The van der Waals surface area contributed by atoms with Crippen LogP contribution >= 0.6 is 0 Å². The number of hydrogen-bond acceptors (Lipinski definition) is 7. The minimum absolute atomic E-state index is 0.0549. The van der Waals surface area contributed by atoms with Crippen molar-refractivity contribution in [3.8, 4) is 0 Å². The molecule has 0 aromatic carbocycles. The van der Waals surface area contributed by atoms with Crippen LogP contribution in [-0.2, 0) is 14.6 Å². The van der Waals surface area contributed by atoms with Crippen molar-refractivity contribution in [3.63, 3.8) is 0 Å². The quantitative estimate of drug-likeness (QED) is 0.732. The minimum Gasteiger partial charge on any atom is -0.481 e. The number of aryl methyl sites for hydroxylation is 1. The van der Waals surface area contributed by atoms with Crippen LogP contribution in [0.4, 0.5) is 0 Å². The summed E-state index contributed by atoms with van der Waals surface area (Å²) in [6.07, 6.45) is 2.84. The zero-order chi connectivity index (χ0) is 18.2. The van der Waals surface area contributed by atoms with E-state index in [1.54, 1.807) is 11.8 Å². The summed E-state index contributed by atoms with van der Waals surface area (Å²) in [6.45, 7) is 2.82. The molecule has 0 unspecified atom stereocenters. The zero-order valence-electron chi connectivity index (χ0n) is 13.8. The van der Waals surface area contributed by atoms with Gasteiger partial charge in [0.05, 0.1) is 35.9 Å². The second kappa shape index (κ2) is 6.68. The Kier molecular flexibility index (Phi) is 4.74. The van der Waals surface area contributed by atoms with E-state index in [-0.39, 0.29) is 42.1 Å². The average Bonchev–Trinajstić information content (AvgIpc) is 2.87. The number of carbonyl (C=O) groups is 2. The van der Waals surface area contributed by atoms with Crippen LogP contribution in [0.1, 0.15) is 22.6 Å². The standard InChI is InChI=1S/C15H20N4O5S/c1-10-6-17-11(7-16-10)15(22)19-5-4-18(3-2-14(20)21)12-8-25(23,24)9-13(12)19/h6-7,12-13H,2-5,8-9H2,1H3,(H,20,21)/t12-,13+/m1/s1. The molecule has 2 saturated heterocycles. The average molecular weight is 368 g/mol. The molecular formula is C15H20N4O5S. The van der Waals surface area contributed by atoms with E-state index in [0.717, 1.165) is 0 Å². The van der Waals surface area contributed by atoms with E-state index in [4.69, 9.17) is 5.11 Å². The third-order valence-corrected chi connectivity index (χ3v) is 6.36. The van der Waals surface area contributed by atoms with Gasteiger partial charge in [-0.3, -0.25) is 19.5 Å². The number of carboxylic acid groups (broad SMARTS) is 1. The van der Waals surface area contributed by atoms with Crippen molar-refractivity contribution < 1.29 is 23.1 Å². The third-order valence-electron chi connectivity index (χ3n) is 4.66. The summed E-state index contributed by atoms with van der Waals surface area (Å²) < 4.78 is 24.2. The Hall–Kier alpha value is -2.07. The molecule has 1 amide bonds. The molecule has 3 rings (SSSR count). The van der Waals surface area contributed by atoms with Crippen LogP contribution in [0.2, 0.25) is 0 Å². The van der Waals surface area contributed by atoms with Gasteiger partial charge in [-0.1, -0.05) is 0 Å². The number of sulfone groups is 1. The number of carbonyl (C=O) groups excluding carboxylic acids is 1. The summed E-state index contributed by atoms with van der Waals surface area (Å²) in [5.74, 6) is -1.42. The molecule has 2 atom stereocenters. The normalized spacial score (nSPS) is 25.6. The van der Waals surface area contributed by atoms with E-state index in [1.807, 2.05) is 4.90 Å². The van der Waals surface area contributed by atoms with Gasteiger partial charge in [-0.2, -0.15) is 0 Å². The maximum absolute atomic E-state index is 12.8. The summed E-state index contributed by atoms with van der Waals surface area (Å²) >= 11 is 0. The summed E-state index contributed by atoms with van der Waals surface area (Å²) in [5, 5.41) is 8.87. The van der Waals surface area contributed by atoms with Gasteiger partial charge in [-0.05, 0) is 6.92 Å². The molecule has 0 spiro atoms. The second-order valence-corrected chi connectivity index (χ2v) is 8.59. The van der Waals surface area contributed by atoms with Gasteiger partial charge in [0.25, 0.3) is 5.91 Å². The molecule has 9 nitrogen and oxygen atoms in total. The van der Waals surface area contributed by atoms with E-state index in [9.17, 15) is 18.0 Å². The zero-order valence-corrected chi connectivity index (χ0v) is 14.6. The smallest absolute Gasteiger partial charge is 0.304 e. The maximum Gasteiger partial charge on any atom is 0.304 e. The van der Waals surface area contributed by atoms with Crippen molar-refractivity contribution in [1.29, 1.82) is 0 Å². The molecule has 1 aromatic heterocycles. The van der Waals surface area contributed by atoms with Crippen LogP contribution in [0.15, 0.2) is 12.4 Å². The van der Waals surface area contributed by atoms with Crippen molar-refractivity contribution >= 4 is 21.7 Å². The molecule has 3 heterocycles. The van der Waals surface area contributed by atoms with E-state index in [2.05, 4.69) is 9.97 Å². The first-order valence-corrected chi connectivity index (χ1v) is 9.85. The highest BCUT2D eigenvalue weighted by Gasteiger charge is 2.48. The predicted molar refractivity (Wildman–Crippen MR) is 87.9 cm³/mol. The number of carboxylic acids is 1. The Morgan fingerprint density at radius 3 is 2.56 bits per heavy atom. The lowest BCUT2D eigenvalue weighted by Crippen LogP contribution is -2.60. The van der Waals surface area contributed by atoms with Gasteiger partial charge in [0.15, 0.2) is 9.84 Å². The van der Waals surface area contributed by atoms with Crippen LogP contribution in [0.25, 0.3) is 0 Å². The van der Waals surface area contributed by atoms with Crippen LogP contribution in [-0.4, -0.2) is 88.4 Å². The van der Waals surface area contributed by atoms with Crippen molar-refractivity contribution in [2.45, 2.75) is 25.4 Å². The van der Waals surface area contributed by atoms with Crippen LogP contribution in [0.5, 0.6) is 0 Å². The Balaban J connectivity index is 1.81. The predicted octanol–water partition coefficient (Wildman–Crippen LogP) is -0.817. The van der Waals surface area contributed by atoms with E-state index in [0.29, 0.717) is 18.8 Å². The first-order chi connectivity index (χ1) is 11.8. The van der Waals surface area contributed by atoms with E-state index < -0.39 is 21.8 Å². The lowest BCUT2D eigenvalue weighted by Gasteiger charge is -2.43. The first-order valence-electron chi connectivity index (χ1n) is 8.03. The molecule has 136 valence electrons. The molecule has 0 radical (unpaired) electrons. The third kappa shape index (κ3) is 3.79. The van der Waals surface area contributed by atoms with Crippen molar-refractivity contribution in [2.24, 2.45) is 0 Å². The van der Waals surface area contributed by atoms with E-state index >= 15 is 0 Å². The van der Waals surface area contributed by atoms with Crippen molar-refractivity contribution in [2.75, 3.05) is 31.1 Å². The molecule has 2 fully saturated rings. The summed E-state index contributed by atoms with van der Waals surface area (Å²) in [7, 11) is -3.27. The number of fused-ring (bicyclic) bond motifs is 1. The summed E-state index contributed by atoms with van der Waals surface area (Å²) in [5.41, 5.74) is 0.879. The van der Waals surface area contributed by atoms with Gasteiger partial charge >= 0.3 is 5.97 Å². The van der Waals surface area contributed by atoms with Gasteiger partial charge < -0.3 is 10.0 Å². The van der Waals surface area contributed by atoms with E-state index in [1.165, 1.54) is 12.4 Å². The molecule has 10 heteroatoms. The Morgan fingerprint density at radius 2 is 1.92 bits per heavy atom. The highest BCUT2D eigenvalue weighted by molar-refractivity contribution is 7.91. The van der Waals surface area contributed by atoms with Crippen LogP contribution in [0.3, 0.4) is 0 Å². The fraction of sp³-hybridized carbons (Fsp3) is 0.600. The molecule has 2 aliphatic heterocycles. The van der Waals surface area contributed by atoms with Crippen molar-refractivity contribution in [3.05, 3.63) is 23.8 Å². The molecule has 0 saturated carbocycles. The molecule has 2 aliphatic rings. The highest BCUT2D eigenvalue weighted by atomic mass is 32.2. The number of aromatic nitrogens is 2. The number of hydrogen-bond donors (Lipinski definition) is 1. The first kappa shape index (κ1) is 17.7. The number of piperazine rings is 1. The summed E-state index contributed by atoms with van der Waals surface area (Å²) in [6, 6.07) is -0.858. The molecule has 0 bridgehead atoms. The molecule has 1 N–H and O–H groups in total. The molecule has 25 heavy (non-hydrogen) atoms. The lowest BCUT2D eigenvalue weighted by atomic mass is 10.0. The monoisotopic (exact) mass is 368 g/mol. The fourth-order valence-corrected chi connectivity index (χ4v) is 5.46. The van der Waals surface area contributed by atoms with Crippen LogP contribution < -0.4 is 0 Å². The molecule has 0 aliphatic carbocycles. The van der Waals surface area contributed by atoms with Crippen molar-refractivity contribution in [1.82, 2.24) is 19.8 Å². The second-order valence-electron chi connectivity index (χ2n) is 6.43. The molecular weight excluding hydrogens is 348 g/mol. The maximum atomic E-state index is 12.8. The number of rotatable bonds is 4. The van der Waals surface area contributed by atoms with Gasteiger partial charge in [0, 0.05) is 31.9 Å². The number of amides is 1. The van der Waals surface area contributed by atoms with Gasteiger partial charge in [-0.15, -0.1) is 0 Å². The fourth-order valence-electron chi connectivity index (χ4n) is 3.44. The lowest BCUT2D eigenvalue weighted by molar-refractivity contribution is -0.137.